The molecule has 1 atom stereocenters. The maximum absolute atomic E-state index is 9.83. The number of aryl methyl sites for hydroxylation is 1. The second-order valence-electron chi connectivity index (χ2n) is 4.91. The monoisotopic (exact) mass is 255 g/mol. The lowest BCUT2D eigenvalue weighted by Crippen LogP contribution is -2.22. The minimum absolute atomic E-state index is 0.191. The Kier molecular flexibility index (Phi) is 3.13. The van der Waals surface area contributed by atoms with Crippen LogP contribution in [0, 0.1) is 6.92 Å². The van der Waals surface area contributed by atoms with E-state index in [4.69, 9.17) is 4.74 Å². The average molecular weight is 255 g/mol. The Labute approximate surface area is 112 Å². The van der Waals surface area contributed by atoms with Gasteiger partial charge >= 0.3 is 0 Å². The summed E-state index contributed by atoms with van der Waals surface area (Å²) < 4.78 is 5.63. The van der Waals surface area contributed by atoms with Crippen LogP contribution in [0.15, 0.2) is 42.5 Å². The first-order chi connectivity index (χ1) is 9.24. The molecule has 0 spiro atoms. The number of aromatic hydroxyl groups is 1. The van der Waals surface area contributed by atoms with Crippen LogP contribution in [0.1, 0.15) is 22.7 Å². The first kappa shape index (κ1) is 12.1. The van der Waals surface area contributed by atoms with Crippen LogP contribution in [0.5, 0.6) is 11.5 Å². The van der Waals surface area contributed by atoms with E-state index in [9.17, 15) is 5.11 Å². The Morgan fingerprint density at radius 2 is 2.11 bits per heavy atom. The summed E-state index contributed by atoms with van der Waals surface area (Å²) in [4.78, 5) is 0. The van der Waals surface area contributed by atoms with Gasteiger partial charge in [-0.05, 0) is 19.1 Å². The molecule has 0 radical (unpaired) electrons. The zero-order valence-electron chi connectivity index (χ0n) is 10.9. The summed E-state index contributed by atoms with van der Waals surface area (Å²) >= 11 is 0. The van der Waals surface area contributed by atoms with Crippen LogP contribution in [0.2, 0.25) is 0 Å². The molecule has 2 aromatic rings. The number of ether oxygens (including phenoxy) is 1. The van der Waals surface area contributed by atoms with Crippen LogP contribution in [0.25, 0.3) is 0 Å². The summed E-state index contributed by atoms with van der Waals surface area (Å²) in [6.07, 6.45) is 0. The van der Waals surface area contributed by atoms with Crippen molar-refractivity contribution in [1.29, 1.82) is 0 Å². The predicted molar refractivity (Wildman–Crippen MR) is 74.4 cm³/mol. The Morgan fingerprint density at radius 3 is 3.00 bits per heavy atom. The van der Waals surface area contributed by atoms with Gasteiger partial charge in [0.1, 0.15) is 18.1 Å². The number of fused-ring (bicyclic) bond motifs is 1. The van der Waals surface area contributed by atoms with Crippen molar-refractivity contribution in [1.82, 2.24) is 5.32 Å². The van der Waals surface area contributed by atoms with E-state index in [0.717, 1.165) is 16.9 Å². The SMILES string of the molecule is Cc1ccc(O)c(CNC2COc3ccccc32)c1. The number of para-hydroxylation sites is 1. The number of benzene rings is 2. The fraction of sp³-hybridized carbons (Fsp3) is 0.250. The van der Waals surface area contributed by atoms with Crippen molar-refractivity contribution < 1.29 is 9.84 Å². The minimum Gasteiger partial charge on any atom is -0.508 e. The van der Waals surface area contributed by atoms with Crippen LogP contribution in [0.4, 0.5) is 0 Å². The van der Waals surface area contributed by atoms with Gasteiger partial charge in [0.2, 0.25) is 0 Å². The Morgan fingerprint density at radius 1 is 1.26 bits per heavy atom. The number of rotatable bonds is 3. The average Bonchev–Trinajstić information content (AvgIpc) is 2.83. The molecule has 3 rings (SSSR count). The van der Waals surface area contributed by atoms with Gasteiger partial charge in [-0.1, -0.05) is 35.9 Å². The maximum Gasteiger partial charge on any atom is 0.124 e. The quantitative estimate of drug-likeness (QED) is 0.886. The summed E-state index contributed by atoms with van der Waals surface area (Å²) in [6.45, 7) is 3.30. The van der Waals surface area contributed by atoms with Crippen LogP contribution in [0.3, 0.4) is 0 Å². The smallest absolute Gasteiger partial charge is 0.124 e. The van der Waals surface area contributed by atoms with Crippen molar-refractivity contribution in [2.45, 2.75) is 19.5 Å². The summed E-state index contributed by atoms with van der Waals surface area (Å²) in [5.74, 6) is 1.29. The van der Waals surface area contributed by atoms with Crippen molar-refractivity contribution in [2.75, 3.05) is 6.61 Å². The number of phenolic OH excluding ortho intramolecular Hbond substituents is 1. The third-order valence-corrected chi connectivity index (χ3v) is 3.47. The molecule has 0 aliphatic carbocycles. The maximum atomic E-state index is 9.83. The van der Waals surface area contributed by atoms with E-state index < -0.39 is 0 Å². The van der Waals surface area contributed by atoms with Crippen molar-refractivity contribution >= 4 is 0 Å². The van der Waals surface area contributed by atoms with Crippen molar-refractivity contribution in [3.63, 3.8) is 0 Å². The molecule has 0 aromatic heterocycles. The predicted octanol–water partition coefficient (Wildman–Crippen LogP) is 2.92. The first-order valence-electron chi connectivity index (χ1n) is 6.47. The van der Waals surface area contributed by atoms with Gasteiger partial charge in [0, 0.05) is 17.7 Å². The fourth-order valence-corrected chi connectivity index (χ4v) is 2.42. The van der Waals surface area contributed by atoms with Crippen molar-refractivity contribution in [2.24, 2.45) is 0 Å². The van der Waals surface area contributed by atoms with Gasteiger partial charge in [0.25, 0.3) is 0 Å². The molecule has 19 heavy (non-hydrogen) atoms. The lowest BCUT2D eigenvalue weighted by atomic mass is 10.1. The van der Waals surface area contributed by atoms with Gasteiger partial charge in [-0.3, -0.25) is 0 Å². The zero-order valence-corrected chi connectivity index (χ0v) is 10.9. The zero-order chi connectivity index (χ0) is 13.2. The molecule has 2 aromatic carbocycles. The van der Waals surface area contributed by atoms with E-state index in [-0.39, 0.29) is 6.04 Å². The number of hydrogen-bond acceptors (Lipinski definition) is 3. The van der Waals surface area contributed by atoms with Gasteiger partial charge < -0.3 is 15.2 Å². The molecule has 0 fully saturated rings. The molecule has 0 saturated heterocycles. The van der Waals surface area contributed by atoms with E-state index in [1.54, 1.807) is 6.07 Å². The Bertz CT molecular complexity index is 595. The molecule has 1 aliphatic rings. The highest BCUT2D eigenvalue weighted by atomic mass is 16.5. The lowest BCUT2D eigenvalue weighted by Gasteiger charge is -2.13. The third kappa shape index (κ3) is 2.42. The van der Waals surface area contributed by atoms with E-state index in [0.29, 0.717) is 18.9 Å². The largest absolute Gasteiger partial charge is 0.508 e. The van der Waals surface area contributed by atoms with Crippen LogP contribution in [-0.4, -0.2) is 11.7 Å². The van der Waals surface area contributed by atoms with Gasteiger partial charge in [0.05, 0.1) is 6.04 Å². The molecule has 1 unspecified atom stereocenters. The van der Waals surface area contributed by atoms with Gasteiger partial charge in [-0.2, -0.15) is 0 Å². The lowest BCUT2D eigenvalue weighted by molar-refractivity contribution is 0.310. The molecule has 0 saturated carbocycles. The minimum atomic E-state index is 0.191. The summed E-state index contributed by atoms with van der Waals surface area (Å²) in [5, 5.41) is 13.3. The summed E-state index contributed by atoms with van der Waals surface area (Å²) in [5.41, 5.74) is 3.26. The number of nitrogens with one attached hydrogen (secondary N) is 1. The summed E-state index contributed by atoms with van der Waals surface area (Å²) in [7, 11) is 0. The molecule has 3 heteroatoms. The Hall–Kier alpha value is -2.00. The summed E-state index contributed by atoms with van der Waals surface area (Å²) in [6, 6.07) is 13.9. The van der Waals surface area contributed by atoms with Gasteiger partial charge in [-0.15, -0.1) is 0 Å². The topological polar surface area (TPSA) is 41.5 Å². The molecule has 3 nitrogen and oxygen atoms in total. The number of hydrogen-bond donors (Lipinski definition) is 2. The van der Waals surface area contributed by atoms with Crippen LogP contribution < -0.4 is 10.1 Å². The van der Waals surface area contributed by atoms with E-state index in [1.165, 1.54) is 5.56 Å². The molecule has 1 heterocycles. The van der Waals surface area contributed by atoms with Crippen LogP contribution in [-0.2, 0) is 6.54 Å². The fourth-order valence-electron chi connectivity index (χ4n) is 2.42. The third-order valence-electron chi connectivity index (χ3n) is 3.47. The van der Waals surface area contributed by atoms with E-state index in [2.05, 4.69) is 11.4 Å². The highest BCUT2D eigenvalue weighted by molar-refractivity contribution is 5.40. The normalized spacial score (nSPS) is 17.0. The second-order valence-corrected chi connectivity index (χ2v) is 4.91. The van der Waals surface area contributed by atoms with Crippen LogP contribution >= 0.6 is 0 Å². The highest BCUT2D eigenvalue weighted by Crippen LogP contribution is 2.32. The molecule has 1 aliphatic heterocycles. The Balaban J connectivity index is 1.72. The van der Waals surface area contributed by atoms with E-state index in [1.807, 2.05) is 37.3 Å². The standard InChI is InChI=1S/C16H17NO2/c1-11-6-7-15(18)12(8-11)9-17-14-10-19-16-5-3-2-4-13(14)16/h2-8,14,17-18H,9-10H2,1H3. The molecule has 98 valence electrons. The van der Waals surface area contributed by atoms with Gasteiger partial charge in [-0.25, -0.2) is 0 Å². The van der Waals surface area contributed by atoms with Crippen molar-refractivity contribution in [3.8, 4) is 11.5 Å². The first-order valence-corrected chi connectivity index (χ1v) is 6.47. The molecule has 0 bridgehead atoms. The van der Waals surface area contributed by atoms with Crippen molar-refractivity contribution in [3.05, 3.63) is 59.2 Å². The molecule has 2 N–H and O–H groups in total. The number of phenols is 1. The van der Waals surface area contributed by atoms with E-state index >= 15 is 0 Å². The highest BCUT2D eigenvalue weighted by Gasteiger charge is 2.22. The molecular formula is C16H17NO2. The molecule has 0 amide bonds. The second kappa shape index (κ2) is 4.94. The van der Waals surface area contributed by atoms with Gasteiger partial charge in [0.15, 0.2) is 0 Å². The molecular weight excluding hydrogens is 238 g/mol.